The number of esters is 1. The molecule has 0 spiro atoms. The van der Waals surface area contributed by atoms with E-state index >= 15 is 0 Å². The minimum absolute atomic E-state index is 0.128. The summed E-state index contributed by atoms with van der Waals surface area (Å²) in [5.74, 6) is 0.234. The summed E-state index contributed by atoms with van der Waals surface area (Å²) >= 11 is 0. The number of rotatable bonds is 19. The summed E-state index contributed by atoms with van der Waals surface area (Å²) in [5.41, 5.74) is 0.493. The number of hydrogen-bond donors (Lipinski definition) is 1. The first-order valence-electron chi connectivity index (χ1n) is 12.3. The maximum atomic E-state index is 12.3. The third-order valence-electron chi connectivity index (χ3n) is 5.46. The van der Waals surface area contributed by atoms with Gasteiger partial charge in [0.2, 0.25) is 10.0 Å². The molecule has 0 aliphatic carbocycles. The second kappa shape index (κ2) is 16.8. The lowest BCUT2D eigenvalue weighted by Crippen LogP contribution is -2.28. The molecule has 0 aliphatic heterocycles. The van der Waals surface area contributed by atoms with Crippen LogP contribution in [0.15, 0.2) is 24.3 Å². The highest BCUT2D eigenvalue weighted by atomic mass is 32.2. The van der Waals surface area contributed by atoms with Crippen LogP contribution in [0, 0.1) is 0 Å². The number of carbonyl (C=O) groups is 1. The van der Waals surface area contributed by atoms with E-state index in [0.717, 1.165) is 25.7 Å². The molecule has 1 aromatic rings. The fraction of sp³-hybridized carbons (Fsp3) is 0.720. The lowest BCUT2D eigenvalue weighted by Gasteiger charge is -2.17. The molecule has 184 valence electrons. The van der Waals surface area contributed by atoms with Gasteiger partial charge in [0.25, 0.3) is 0 Å². The van der Waals surface area contributed by atoms with E-state index in [-0.39, 0.29) is 5.75 Å². The molecule has 0 heterocycles. The summed E-state index contributed by atoms with van der Waals surface area (Å²) in [6.07, 6.45) is 13.4. The molecular weight excluding hydrogens is 426 g/mol. The van der Waals surface area contributed by atoms with Gasteiger partial charge < -0.3 is 9.47 Å². The minimum Gasteiger partial charge on any atom is -0.479 e. The van der Waals surface area contributed by atoms with Crippen LogP contribution in [-0.2, 0) is 19.6 Å². The molecular formula is C25H43NO5S. The molecule has 0 aromatic heterocycles. The summed E-state index contributed by atoms with van der Waals surface area (Å²) < 4.78 is 37.9. The van der Waals surface area contributed by atoms with Crippen LogP contribution in [0.1, 0.15) is 97.3 Å². The summed E-state index contributed by atoms with van der Waals surface area (Å²) in [6.45, 7) is 4.27. The van der Waals surface area contributed by atoms with Gasteiger partial charge in [-0.15, -0.1) is 0 Å². The van der Waals surface area contributed by atoms with E-state index in [1.54, 1.807) is 24.3 Å². The number of benzene rings is 1. The van der Waals surface area contributed by atoms with Gasteiger partial charge in [0.1, 0.15) is 5.75 Å². The molecule has 32 heavy (non-hydrogen) atoms. The smallest absolute Gasteiger partial charge is 0.347 e. The van der Waals surface area contributed by atoms with E-state index in [4.69, 9.17) is 9.47 Å². The van der Waals surface area contributed by atoms with Crippen molar-refractivity contribution in [1.29, 1.82) is 0 Å². The van der Waals surface area contributed by atoms with Gasteiger partial charge in [-0.1, -0.05) is 78.1 Å². The van der Waals surface area contributed by atoms with Crippen molar-refractivity contribution in [1.82, 2.24) is 0 Å². The highest BCUT2D eigenvalue weighted by Gasteiger charge is 2.20. The van der Waals surface area contributed by atoms with Crippen molar-refractivity contribution in [2.24, 2.45) is 0 Å². The summed E-state index contributed by atoms with van der Waals surface area (Å²) in [7, 11) is -2.03. The molecule has 0 radical (unpaired) electrons. The molecule has 1 N–H and O–H groups in total. The molecule has 0 amide bonds. The van der Waals surface area contributed by atoms with Gasteiger partial charge in [-0.3, -0.25) is 4.72 Å². The largest absolute Gasteiger partial charge is 0.479 e. The number of hydrogen-bond acceptors (Lipinski definition) is 5. The number of ether oxygens (including phenoxy) is 2. The van der Waals surface area contributed by atoms with Gasteiger partial charge in [-0.05, 0) is 43.5 Å². The van der Waals surface area contributed by atoms with Crippen LogP contribution in [0.4, 0.5) is 5.69 Å². The quantitative estimate of drug-likeness (QED) is 0.186. The van der Waals surface area contributed by atoms with Crippen molar-refractivity contribution in [2.75, 3.05) is 17.6 Å². The number of sulfonamides is 1. The maximum Gasteiger partial charge on any atom is 0.347 e. The van der Waals surface area contributed by atoms with Gasteiger partial charge in [0.15, 0.2) is 6.10 Å². The van der Waals surface area contributed by atoms with Crippen molar-refractivity contribution in [3.8, 4) is 5.75 Å². The molecule has 0 saturated heterocycles. The molecule has 0 aliphatic rings. The highest BCUT2D eigenvalue weighted by molar-refractivity contribution is 7.92. The number of anilines is 1. The molecule has 6 nitrogen and oxygen atoms in total. The van der Waals surface area contributed by atoms with Crippen LogP contribution < -0.4 is 9.46 Å². The van der Waals surface area contributed by atoms with Crippen LogP contribution in [-0.4, -0.2) is 33.4 Å². The van der Waals surface area contributed by atoms with Gasteiger partial charge >= 0.3 is 5.97 Å². The zero-order valence-corrected chi connectivity index (χ0v) is 21.1. The third-order valence-corrected chi connectivity index (χ3v) is 6.83. The molecule has 1 rings (SSSR count). The standard InChI is InChI=1S/C25H43NO5S/c1-4-6-8-9-10-11-12-13-14-15-21-32(28,29)26-22-17-19-23(20-18-22)31-24(16-7-5-2)25(27)30-3/h17-20,24,26H,4-16,21H2,1-3H3. The normalized spacial score (nSPS) is 12.3. The van der Waals surface area contributed by atoms with Crippen LogP contribution >= 0.6 is 0 Å². The van der Waals surface area contributed by atoms with Gasteiger partial charge in [0.05, 0.1) is 12.9 Å². The monoisotopic (exact) mass is 469 g/mol. The maximum absolute atomic E-state index is 12.3. The second-order valence-corrected chi connectivity index (χ2v) is 10.2. The van der Waals surface area contributed by atoms with Crippen molar-refractivity contribution >= 4 is 21.7 Å². The van der Waals surface area contributed by atoms with Crippen LogP contribution in [0.5, 0.6) is 5.75 Å². The minimum atomic E-state index is -3.37. The fourth-order valence-corrected chi connectivity index (χ4v) is 4.70. The summed E-state index contributed by atoms with van der Waals surface area (Å²) in [6, 6.07) is 6.64. The Hall–Kier alpha value is -1.76. The lowest BCUT2D eigenvalue weighted by atomic mass is 10.1. The number of methoxy groups -OCH3 is 1. The van der Waals surface area contributed by atoms with Crippen LogP contribution in [0.25, 0.3) is 0 Å². The zero-order chi connectivity index (χ0) is 23.7. The van der Waals surface area contributed by atoms with Crippen molar-refractivity contribution in [3.63, 3.8) is 0 Å². The summed E-state index contributed by atoms with van der Waals surface area (Å²) in [5, 5.41) is 0. The number of nitrogens with one attached hydrogen (secondary N) is 1. The van der Waals surface area contributed by atoms with Crippen LogP contribution in [0.3, 0.4) is 0 Å². The van der Waals surface area contributed by atoms with Crippen molar-refractivity contribution < 1.29 is 22.7 Å². The Labute approximate surface area is 195 Å². The van der Waals surface area contributed by atoms with E-state index in [0.29, 0.717) is 24.3 Å². The molecule has 7 heteroatoms. The Morgan fingerprint density at radius 1 is 0.844 bits per heavy atom. The first-order valence-corrected chi connectivity index (χ1v) is 13.9. The first kappa shape index (κ1) is 28.3. The lowest BCUT2D eigenvalue weighted by molar-refractivity contribution is -0.149. The Morgan fingerprint density at radius 3 is 1.91 bits per heavy atom. The molecule has 0 fully saturated rings. The molecule has 1 aromatic carbocycles. The number of carbonyl (C=O) groups excluding carboxylic acids is 1. The van der Waals surface area contributed by atoms with E-state index in [9.17, 15) is 13.2 Å². The molecule has 0 bridgehead atoms. The Kier molecular flexibility index (Phi) is 14.9. The van der Waals surface area contributed by atoms with Crippen LogP contribution in [0.2, 0.25) is 0 Å². The Morgan fingerprint density at radius 2 is 1.38 bits per heavy atom. The average Bonchev–Trinajstić information content (AvgIpc) is 2.78. The molecule has 1 unspecified atom stereocenters. The fourth-order valence-electron chi connectivity index (χ4n) is 3.52. The second-order valence-electron chi connectivity index (χ2n) is 8.40. The van der Waals surface area contributed by atoms with E-state index in [1.165, 1.54) is 52.1 Å². The first-order chi connectivity index (χ1) is 15.4. The highest BCUT2D eigenvalue weighted by Crippen LogP contribution is 2.20. The van der Waals surface area contributed by atoms with E-state index in [1.807, 2.05) is 6.92 Å². The van der Waals surface area contributed by atoms with Gasteiger partial charge in [-0.25, -0.2) is 13.2 Å². The molecule has 1 atom stereocenters. The van der Waals surface area contributed by atoms with E-state index in [2.05, 4.69) is 11.6 Å². The number of unbranched alkanes of at least 4 members (excludes halogenated alkanes) is 10. The predicted octanol–water partition coefficient (Wildman–Crippen LogP) is 6.46. The Balaban J connectivity index is 2.34. The summed E-state index contributed by atoms with van der Waals surface area (Å²) in [4.78, 5) is 11.9. The molecule has 0 saturated carbocycles. The third kappa shape index (κ3) is 12.9. The van der Waals surface area contributed by atoms with Gasteiger partial charge in [-0.2, -0.15) is 0 Å². The van der Waals surface area contributed by atoms with Gasteiger partial charge in [0, 0.05) is 5.69 Å². The average molecular weight is 470 g/mol. The SMILES string of the molecule is CCCCCCCCCCCCS(=O)(=O)Nc1ccc(OC(CCCC)C(=O)OC)cc1. The Bertz CT molecular complexity index is 718. The predicted molar refractivity (Wildman–Crippen MR) is 132 cm³/mol. The van der Waals surface area contributed by atoms with E-state index < -0.39 is 22.1 Å². The topological polar surface area (TPSA) is 81.7 Å². The zero-order valence-electron chi connectivity index (χ0n) is 20.2. The van der Waals surface area contributed by atoms with Crippen molar-refractivity contribution in [2.45, 2.75) is 103 Å². The van der Waals surface area contributed by atoms with Crippen molar-refractivity contribution in [3.05, 3.63) is 24.3 Å².